The van der Waals surface area contributed by atoms with E-state index in [2.05, 4.69) is 58.5 Å². The second-order valence-corrected chi connectivity index (χ2v) is 4.94. The summed E-state index contributed by atoms with van der Waals surface area (Å²) in [6, 6.07) is 11.6. The van der Waals surface area contributed by atoms with E-state index in [1.165, 1.54) is 11.1 Å². The third-order valence-corrected chi connectivity index (χ3v) is 3.71. The van der Waals surface area contributed by atoms with Gasteiger partial charge in [-0.2, -0.15) is 5.10 Å². The Labute approximate surface area is 108 Å². The second-order valence-electron chi connectivity index (χ2n) is 4.94. The summed E-state index contributed by atoms with van der Waals surface area (Å²) in [5.74, 6) is 0. The summed E-state index contributed by atoms with van der Waals surface area (Å²) in [4.78, 5) is 0. The molecule has 1 N–H and O–H groups in total. The highest BCUT2D eigenvalue weighted by atomic mass is 15.3. The maximum Gasteiger partial charge on any atom is 0.0754 e. The van der Waals surface area contributed by atoms with Crippen LogP contribution in [-0.4, -0.2) is 16.3 Å². The zero-order chi connectivity index (χ0) is 12.5. The first-order valence-corrected chi connectivity index (χ1v) is 6.62. The van der Waals surface area contributed by atoms with Crippen LogP contribution in [-0.2, 0) is 6.42 Å². The highest BCUT2D eigenvalue weighted by Crippen LogP contribution is 2.38. The van der Waals surface area contributed by atoms with Crippen LogP contribution in [0.3, 0.4) is 0 Å². The quantitative estimate of drug-likeness (QED) is 0.895. The first-order chi connectivity index (χ1) is 8.79. The molecule has 3 nitrogen and oxygen atoms in total. The molecule has 0 saturated heterocycles. The van der Waals surface area contributed by atoms with Crippen molar-refractivity contribution in [3.05, 3.63) is 53.3 Å². The van der Waals surface area contributed by atoms with E-state index in [9.17, 15) is 0 Å². The van der Waals surface area contributed by atoms with Gasteiger partial charge in [0, 0.05) is 6.20 Å². The fourth-order valence-corrected chi connectivity index (χ4v) is 2.90. The van der Waals surface area contributed by atoms with E-state index in [1.807, 2.05) is 6.92 Å². The fourth-order valence-electron chi connectivity index (χ4n) is 2.90. The Balaban J connectivity index is 1.97. The minimum atomic E-state index is 0.380. The van der Waals surface area contributed by atoms with Gasteiger partial charge in [-0.3, -0.25) is 4.68 Å². The number of likely N-dealkylation sites (N-methyl/N-ethyl adjacent to an activating group) is 1. The van der Waals surface area contributed by atoms with E-state index < -0.39 is 0 Å². The Hall–Kier alpha value is -1.61. The summed E-state index contributed by atoms with van der Waals surface area (Å²) in [6.07, 6.45) is 3.16. The molecule has 2 unspecified atom stereocenters. The summed E-state index contributed by atoms with van der Waals surface area (Å²) in [5.41, 5.74) is 3.96. The number of nitrogens with one attached hydrogen (secondary N) is 1. The largest absolute Gasteiger partial charge is 0.308 e. The van der Waals surface area contributed by atoms with Crippen molar-refractivity contribution in [3.8, 4) is 0 Å². The van der Waals surface area contributed by atoms with E-state index in [1.54, 1.807) is 0 Å². The third-order valence-electron chi connectivity index (χ3n) is 3.71. The lowest BCUT2D eigenvalue weighted by atomic mass is 10.1. The number of aromatic nitrogens is 2. The van der Waals surface area contributed by atoms with E-state index in [0.717, 1.165) is 18.7 Å². The van der Waals surface area contributed by atoms with Crippen LogP contribution in [0.2, 0.25) is 0 Å². The molecule has 0 aliphatic heterocycles. The Morgan fingerprint density at radius 1 is 1.33 bits per heavy atom. The molecular weight excluding hydrogens is 222 g/mol. The van der Waals surface area contributed by atoms with Gasteiger partial charge in [0.2, 0.25) is 0 Å². The van der Waals surface area contributed by atoms with Crippen molar-refractivity contribution in [1.29, 1.82) is 0 Å². The van der Waals surface area contributed by atoms with E-state index in [-0.39, 0.29) is 0 Å². The molecule has 1 aromatic heterocycles. The molecule has 94 valence electrons. The molecule has 3 heteroatoms. The third kappa shape index (κ3) is 1.85. The van der Waals surface area contributed by atoms with Crippen molar-refractivity contribution in [3.63, 3.8) is 0 Å². The Morgan fingerprint density at radius 2 is 2.17 bits per heavy atom. The summed E-state index contributed by atoms with van der Waals surface area (Å²) >= 11 is 0. The van der Waals surface area contributed by atoms with Crippen LogP contribution in [0, 0.1) is 6.92 Å². The molecule has 0 bridgehead atoms. The summed E-state index contributed by atoms with van der Waals surface area (Å²) in [5, 5.41) is 8.18. The molecule has 0 fully saturated rings. The van der Waals surface area contributed by atoms with Gasteiger partial charge in [0.1, 0.15) is 0 Å². The molecule has 1 aromatic carbocycles. The number of rotatable bonds is 3. The van der Waals surface area contributed by atoms with Crippen molar-refractivity contribution in [2.75, 3.05) is 6.54 Å². The molecule has 3 rings (SSSR count). The number of benzene rings is 1. The molecule has 2 atom stereocenters. The first kappa shape index (κ1) is 11.5. The average Bonchev–Trinajstić information content (AvgIpc) is 2.95. The van der Waals surface area contributed by atoms with Crippen LogP contribution in [0.25, 0.3) is 0 Å². The molecule has 18 heavy (non-hydrogen) atoms. The van der Waals surface area contributed by atoms with Crippen molar-refractivity contribution in [2.45, 2.75) is 32.4 Å². The predicted octanol–water partition coefficient (Wildman–Crippen LogP) is 2.64. The zero-order valence-corrected chi connectivity index (χ0v) is 10.9. The first-order valence-electron chi connectivity index (χ1n) is 6.62. The number of nitrogens with zero attached hydrogens (tertiary/aromatic N) is 2. The fraction of sp³-hybridized carbons (Fsp3) is 0.400. The van der Waals surface area contributed by atoms with Gasteiger partial charge in [0.05, 0.1) is 17.8 Å². The van der Waals surface area contributed by atoms with Gasteiger partial charge in [-0.1, -0.05) is 31.2 Å². The van der Waals surface area contributed by atoms with Gasteiger partial charge in [0.25, 0.3) is 0 Å². The predicted molar refractivity (Wildman–Crippen MR) is 72.6 cm³/mol. The smallest absolute Gasteiger partial charge is 0.0754 e. The molecule has 1 heterocycles. The van der Waals surface area contributed by atoms with E-state index >= 15 is 0 Å². The number of fused-ring (bicyclic) bond motifs is 1. The van der Waals surface area contributed by atoms with Gasteiger partial charge in [0.15, 0.2) is 0 Å². The van der Waals surface area contributed by atoms with Crippen molar-refractivity contribution in [1.82, 2.24) is 15.1 Å². The average molecular weight is 241 g/mol. The van der Waals surface area contributed by atoms with E-state index in [4.69, 9.17) is 0 Å². The number of hydrogen-bond acceptors (Lipinski definition) is 2. The molecular formula is C15H19N3. The molecule has 0 spiro atoms. The normalized spacial score (nSPS) is 22.1. The number of aryl methyl sites for hydroxylation is 1. The van der Waals surface area contributed by atoms with Crippen LogP contribution in [0.4, 0.5) is 0 Å². The van der Waals surface area contributed by atoms with Crippen molar-refractivity contribution < 1.29 is 0 Å². The lowest BCUT2D eigenvalue weighted by Gasteiger charge is -2.21. The highest BCUT2D eigenvalue weighted by Gasteiger charge is 2.33. The van der Waals surface area contributed by atoms with E-state index in [0.29, 0.717) is 12.1 Å². The highest BCUT2D eigenvalue weighted by molar-refractivity contribution is 5.36. The van der Waals surface area contributed by atoms with Crippen LogP contribution < -0.4 is 5.32 Å². The van der Waals surface area contributed by atoms with Gasteiger partial charge < -0.3 is 5.32 Å². The monoisotopic (exact) mass is 241 g/mol. The summed E-state index contributed by atoms with van der Waals surface area (Å²) < 4.78 is 2.11. The standard InChI is InChI=1S/C15H19N3/c1-3-16-15-13-7-5-4-6-12(13)10-14(15)18-9-8-11(2)17-18/h4-9,14-16H,3,10H2,1-2H3. The van der Waals surface area contributed by atoms with Gasteiger partial charge in [-0.05, 0) is 37.1 Å². The maximum absolute atomic E-state index is 4.58. The van der Waals surface area contributed by atoms with Gasteiger partial charge >= 0.3 is 0 Å². The zero-order valence-electron chi connectivity index (χ0n) is 10.9. The Morgan fingerprint density at radius 3 is 2.89 bits per heavy atom. The van der Waals surface area contributed by atoms with Gasteiger partial charge in [-0.25, -0.2) is 0 Å². The summed E-state index contributed by atoms with van der Waals surface area (Å²) in [6.45, 7) is 5.18. The lowest BCUT2D eigenvalue weighted by Crippen LogP contribution is -2.27. The minimum Gasteiger partial charge on any atom is -0.308 e. The van der Waals surface area contributed by atoms with Crippen molar-refractivity contribution in [2.24, 2.45) is 0 Å². The molecule has 2 aromatic rings. The van der Waals surface area contributed by atoms with Crippen LogP contribution in [0.15, 0.2) is 36.5 Å². The van der Waals surface area contributed by atoms with Crippen molar-refractivity contribution >= 4 is 0 Å². The van der Waals surface area contributed by atoms with Gasteiger partial charge in [-0.15, -0.1) is 0 Å². The number of hydrogen-bond donors (Lipinski definition) is 1. The molecule has 0 amide bonds. The topological polar surface area (TPSA) is 29.9 Å². The molecule has 1 aliphatic rings. The molecule has 1 aliphatic carbocycles. The summed E-state index contributed by atoms with van der Waals surface area (Å²) in [7, 11) is 0. The Bertz CT molecular complexity index is 544. The van der Waals surface area contributed by atoms with Crippen LogP contribution in [0.1, 0.15) is 35.8 Å². The second kappa shape index (κ2) is 4.58. The Kier molecular flexibility index (Phi) is 2.92. The van der Waals surface area contributed by atoms with Crippen LogP contribution in [0.5, 0.6) is 0 Å². The maximum atomic E-state index is 4.58. The molecule has 0 saturated carbocycles. The van der Waals surface area contributed by atoms with Crippen LogP contribution >= 0.6 is 0 Å². The SMILES string of the molecule is CCNC1c2ccccc2CC1n1ccc(C)n1. The molecule has 0 radical (unpaired) electrons. The minimum absolute atomic E-state index is 0.380. The lowest BCUT2D eigenvalue weighted by molar-refractivity contribution is 0.359.